The molecule has 1 aromatic carbocycles. The molecule has 166 valence electrons. The molecular weight excluding hydrogens is 409 g/mol. The van der Waals surface area contributed by atoms with Crippen LogP contribution < -0.4 is 9.80 Å². The van der Waals surface area contributed by atoms with E-state index in [1.807, 2.05) is 17.1 Å². The summed E-state index contributed by atoms with van der Waals surface area (Å²) in [7, 11) is 0. The topological polar surface area (TPSA) is 80.8 Å². The van der Waals surface area contributed by atoms with E-state index in [2.05, 4.69) is 0 Å². The van der Waals surface area contributed by atoms with Crippen molar-refractivity contribution in [3.63, 3.8) is 0 Å². The SMILES string of the molecule is O=C1O[C@@H](COC(=O)N2OC3C=CC2CC3)CN1c1ccc(N2CCOCC2)c(F)c1. The van der Waals surface area contributed by atoms with Crippen LogP contribution in [-0.2, 0) is 19.0 Å². The number of carbonyl (C=O) groups excluding carboxylic acids is 2. The zero-order chi connectivity index (χ0) is 21.4. The van der Waals surface area contributed by atoms with Crippen molar-refractivity contribution in [2.24, 2.45) is 0 Å². The number of ether oxygens (including phenoxy) is 3. The van der Waals surface area contributed by atoms with Gasteiger partial charge >= 0.3 is 12.2 Å². The summed E-state index contributed by atoms with van der Waals surface area (Å²) in [6.07, 6.45) is 3.63. The first-order valence-corrected chi connectivity index (χ1v) is 10.5. The van der Waals surface area contributed by atoms with E-state index in [1.165, 1.54) is 16.0 Å². The van der Waals surface area contributed by atoms with Crippen molar-refractivity contribution in [3.05, 3.63) is 36.2 Å². The third-order valence-electron chi connectivity index (χ3n) is 5.89. The van der Waals surface area contributed by atoms with Gasteiger partial charge < -0.3 is 19.1 Å². The fraction of sp³-hybridized carbons (Fsp3) is 0.524. The smallest absolute Gasteiger partial charge is 0.434 e. The first-order valence-electron chi connectivity index (χ1n) is 10.5. The second kappa shape index (κ2) is 8.35. The molecule has 3 saturated heterocycles. The number of anilines is 2. The number of hydrogen-bond donors (Lipinski definition) is 0. The van der Waals surface area contributed by atoms with Gasteiger partial charge in [-0.3, -0.25) is 9.74 Å². The molecule has 0 radical (unpaired) electrons. The van der Waals surface area contributed by atoms with Gasteiger partial charge in [0.25, 0.3) is 0 Å². The van der Waals surface area contributed by atoms with E-state index in [0.717, 1.165) is 12.8 Å². The summed E-state index contributed by atoms with van der Waals surface area (Å²) in [5.41, 5.74) is 0.880. The molecule has 4 heterocycles. The molecule has 3 fully saturated rings. The van der Waals surface area contributed by atoms with Crippen LogP contribution in [-0.4, -0.2) is 75.0 Å². The van der Waals surface area contributed by atoms with Crippen molar-refractivity contribution in [2.45, 2.75) is 31.1 Å². The number of hydroxylamine groups is 2. The molecule has 2 unspecified atom stereocenters. The van der Waals surface area contributed by atoms with Crippen LogP contribution in [0.3, 0.4) is 0 Å². The molecule has 6 rings (SSSR count). The van der Waals surface area contributed by atoms with Crippen LogP contribution in [0.15, 0.2) is 30.4 Å². The zero-order valence-corrected chi connectivity index (χ0v) is 16.9. The highest BCUT2D eigenvalue weighted by atomic mass is 19.1. The highest BCUT2D eigenvalue weighted by Gasteiger charge is 2.38. The van der Waals surface area contributed by atoms with Gasteiger partial charge in [-0.15, -0.1) is 0 Å². The van der Waals surface area contributed by atoms with Gasteiger partial charge in [0.1, 0.15) is 18.5 Å². The van der Waals surface area contributed by atoms with Crippen molar-refractivity contribution >= 4 is 23.6 Å². The van der Waals surface area contributed by atoms with Crippen molar-refractivity contribution in [1.29, 1.82) is 0 Å². The van der Waals surface area contributed by atoms with Gasteiger partial charge in [0.05, 0.1) is 37.2 Å². The Balaban J connectivity index is 1.18. The number of rotatable bonds is 4. The van der Waals surface area contributed by atoms with Gasteiger partial charge in [0.2, 0.25) is 0 Å². The molecule has 9 nitrogen and oxygen atoms in total. The van der Waals surface area contributed by atoms with Gasteiger partial charge in [-0.25, -0.2) is 14.0 Å². The van der Waals surface area contributed by atoms with E-state index < -0.39 is 24.1 Å². The number of halogens is 1. The number of carbonyl (C=O) groups is 2. The van der Waals surface area contributed by atoms with Crippen LogP contribution in [0.4, 0.5) is 25.4 Å². The summed E-state index contributed by atoms with van der Waals surface area (Å²) < 4.78 is 30.6. The first kappa shape index (κ1) is 20.1. The van der Waals surface area contributed by atoms with Crippen LogP contribution in [0.1, 0.15) is 12.8 Å². The van der Waals surface area contributed by atoms with E-state index in [1.54, 1.807) is 12.1 Å². The molecule has 2 amide bonds. The van der Waals surface area contributed by atoms with Gasteiger partial charge in [0.15, 0.2) is 6.10 Å². The Morgan fingerprint density at radius 1 is 1.19 bits per heavy atom. The van der Waals surface area contributed by atoms with Gasteiger partial charge in [-0.2, -0.15) is 5.06 Å². The Hall–Kier alpha value is -2.85. The molecule has 4 aliphatic heterocycles. The number of morpholine rings is 1. The highest BCUT2D eigenvalue weighted by molar-refractivity contribution is 5.90. The second-order valence-electron chi connectivity index (χ2n) is 7.93. The molecule has 2 bridgehead atoms. The largest absolute Gasteiger partial charge is 0.444 e. The monoisotopic (exact) mass is 433 g/mol. The summed E-state index contributed by atoms with van der Waals surface area (Å²) in [6, 6.07) is 4.54. The van der Waals surface area contributed by atoms with Crippen molar-refractivity contribution in [2.75, 3.05) is 49.3 Å². The van der Waals surface area contributed by atoms with Crippen molar-refractivity contribution in [3.8, 4) is 0 Å². The quantitative estimate of drug-likeness (QED) is 0.675. The summed E-state index contributed by atoms with van der Waals surface area (Å²) >= 11 is 0. The summed E-state index contributed by atoms with van der Waals surface area (Å²) in [4.78, 5) is 33.4. The Morgan fingerprint density at radius 2 is 2.03 bits per heavy atom. The van der Waals surface area contributed by atoms with E-state index >= 15 is 0 Å². The standard InChI is InChI=1S/C21H24FN3O6/c22-18-11-15(3-6-19(18)23-7-9-28-10-8-23)24-12-17(30-20(24)26)13-29-21(27)25-14-1-4-16(31-25)5-2-14/h1,3-4,6,11,14,16-17H,2,5,7-10,12-13H2/t14?,16?,17-/m1/s1. The molecule has 5 aliphatic rings. The van der Waals surface area contributed by atoms with Gasteiger partial charge in [-0.05, 0) is 31.0 Å². The third-order valence-corrected chi connectivity index (χ3v) is 5.89. The molecule has 0 saturated carbocycles. The number of cyclic esters (lactones) is 1. The van der Waals surface area contributed by atoms with Crippen LogP contribution in [0.2, 0.25) is 0 Å². The van der Waals surface area contributed by atoms with E-state index in [-0.39, 0.29) is 25.3 Å². The third kappa shape index (κ3) is 4.05. The van der Waals surface area contributed by atoms with E-state index in [9.17, 15) is 14.0 Å². The van der Waals surface area contributed by atoms with E-state index in [4.69, 9.17) is 19.0 Å². The predicted molar refractivity (Wildman–Crippen MR) is 107 cm³/mol. The van der Waals surface area contributed by atoms with Crippen LogP contribution in [0.5, 0.6) is 0 Å². The summed E-state index contributed by atoms with van der Waals surface area (Å²) in [5, 5.41) is 1.24. The van der Waals surface area contributed by atoms with Crippen molar-refractivity contribution in [1.82, 2.24) is 5.06 Å². The Morgan fingerprint density at radius 3 is 2.71 bits per heavy atom. The average Bonchev–Trinajstić information content (AvgIpc) is 3.19. The molecular formula is C21H24FN3O6. The average molecular weight is 433 g/mol. The fourth-order valence-electron chi connectivity index (χ4n) is 4.24. The zero-order valence-electron chi connectivity index (χ0n) is 16.9. The Bertz CT molecular complexity index is 890. The highest BCUT2D eigenvalue weighted by Crippen LogP contribution is 2.30. The number of fused-ring (bicyclic) bond motifs is 2. The van der Waals surface area contributed by atoms with Crippen LogP contribution in [0.25, 0.3) is 0 Å². The van der Waals surface area contributed by atoms with Crippen LogP contribution in [0, 0.1) is 5.82 Å². The second-order valence-corrected chi connectivity index (χ2v) is 7.93. The predicted octanol–water partition coefficient (Wildman–Crippen LogP) is 2.46. The lowest BCUT2D eigenvalue weighted by atomic mass is 9.99. The molecule has 10 heteroatoms. The van der Waals surface area contributed by atoms with Crippen molar-refractivity contribution < 1.29 is 33.0 Å². The number of amides is 2. The van der Waals surface area contributed by atoms with Gasteiger partial charge in [-0.1, -0.05) is 12.2 Å². The Labute approximate surface area is 178 Å². The lowest BCUT2D eigenvalue weighted by Crippen LogP contribution is -2.49. The lowest BCUT2D eigenvalue weighted by Gasteiger charge is -2.39. The molecule has 0 N–H and O–H groups in total. The molecule has 0 aromatic heterocycles. The van der Waals surface area contributed by atoms with E-state index in [0.29, 0.717) is 37.7 Å². The summed E-state index contributed by atoms with van der Waals surface area (Å²) in [6.45, 7) is 2.41. The minimum Gasteiger partial charge on any atom is -0.444 e. The maximum absolute atomic E-state index is 14.7. The maximum atomic E-state index is 14.7. The number of benzene rings is 1. The summed E-state index contributed by atoms with van der Waals surface area (Å²) in [5.74, 6) is -0.410. The van der Waals surface area contributed by atoms with Crippen LogP contribution >= 0.6 is 0 Å². The normalized spacial score (nSPS) is 27.6. The maximum Gasteiger partial charge on any atom is 0.434 e. The number of hydrogen-bond acceptors (Lipinski definition) is 7. The van der Waals surface area contributed by atoms with Gasteiger partial charge in [0, 0.05) is 13.1 Å². The fourth-order valence-corrected chi connectivity index (χ4v) is 4.24. The molecule has 1 aromatic rings. The molecule has 31 heavy (non-hydrogen) atoms. The first-order chi connectivity index (χ1) is 15.1. The Kier molecular flexibility index (Phi) is 5.41. The lowest BCUT2D eigenvalue weighted by molar-refractivity contribution is -0.209. The molecule has 0 spiro atoms. The molecule has 3 atom stereocenters. The molecule has 1 aliphatic carbocycles. The number of nitrogens with zero attached hydrogens (tertiary/aromatic N) is 3. The minimum absolute atomic E-state index is 0.101. The minimum atomic E-state index is -0.643.